The van der Waals surface area contributed by atoms with Crippen LogP contribution in [0.15, 0.2) is 11.1 Å². The van der Waals surface area contributed by atoms with Gasteiger partial charge in [0.2, 0.25) is 5.95 Å². The van der Waals surface area contributed by atoms with E-state index in [2.05, 4.69) is 28.1 Å². The smallest absolute Gasteiger partial charge is 0.369 e. The van der Waals surface area contributed by atoms with Crippen molar-refractivity contribution in [1.29, 1.82) is 0 Å². The molecule has 20 heteroatoms. The van der Waals surface area contributed by atoms with Crippen molar-refractivity contribution in [2.45, 2.75) is 25.2 Å². The van der Waals surface area contributed by atoms with Gasteiger partial charge in [0, 0.05) is 0 Å². The number of H-pyrrole nitrogens is 1. The van der Waals surface area contributed by atoms with E-state index in [4.69, 9.17) is 25.2 Å². The summed E-state index contributed by atoms with van der Waals surface area (Å²) in [6.45, 7) is -0.580. The highest BCUT2D eigenvalue weighted by Gasteiger charge is 2.41. The van der Waals surface area contributed by atoms with Crippen LogP contribution in [0.25, 0.3) is 11.2 Å². The van der Waals surface area contributed by atoms with Crippen molar-refractivity contribution < 1.29 is 51.2 Å². The largest absolute Gasteiger partial charge is 0.490 e. The van der Waals surface area contributed by atoms with Crippen molar-refractivity contribution in [2.24, 2.45) is 0 Å². The van der Waals surface area contributed by atoms with E-state index in [-0.39, 0.29) is 17.1 Å². The zero-order valence-corrected chi connectivity index (χ0v) is 17.4. The van der Waals surface area contributed by atoms with Gasteiger partial charge in [-0.15, -0.1) is 0 Å². The molecule has 168 valence electrons. The second-order valence-electron chi connectivity index (χ2n) is 5.95. The average Bonchev–Trinajstić information content (AvgIpc) is 3.15. The number of ether oxygens (including phenoxy) is 1. The summed E-state index contributed by atoms with van der Waals surface area (Å²) >= 11 is 0. The van der Waals surface area contributed by atoms with Crippen molar-refractivity contribution in [3.8, 4) is 0 Å². The number of aromatic amines is 1. The Morgan fingerprint density at radius 3 is 2.57 bits per heavy atom. The first kappa shape index (κ1) is 23.2. The van der Waals surface area contributed by atoms with Gasteiger partial charge in [-0.2, -0.15) is 13.6 Å². The van der Waals surface area contributed by atoms with Gasteiger partial charge in [0.15, 0.2) is 11.2 Å². The third-order valence-corrected chi connectivity index (χ3v) is 7.49. The molecular formula is C10H16N5O12P3. The number of hydrogen-bond donors (Lipinski definition) is 6. The number of hydrogen-bond acceptors (Lipinski definition) is 11. The van der Waals surface area contributed by atoms with Gasteiger partial charge in [-0.05, 0) is 12.8 Å². The Morgan fingerprint density at radius 1 is 1.20 bits per heavy atom. The minimum absolute atomic E-state index is 0.0320. The molecule has 0 amide bonds. The molecule has 1 saturated heterocycles. The standard InChI is InChI=1S/C10H16N5O12P3/c11-10-13-8-7(9(16)14-10)12-4-15(8)6-2-1-5(25-6)3-24-29(20,21)27-30(22,23)26-28(17,18)19/h4-6H,1-3H2,(H,20,21)(H,22,23)(H2,17,18,19)(H3,11,13,14,16). The lowest BCUT2D eigenvalue weighted by Crippen LogP contribution is -2.17. The van der Waals surface area contributed by atoms with Crippen LogP contribution in [0.5, 0.6) is 0 Å². The number of rotatable bonds is 8. The molecule has 1 fully saturated rings. The number of phosphoric acid groups is 3. The number of phosphoric ester groups is 1. The van der Waals surface area contributed by atoms with E-state index in [1.54, 1.807) is 0 Å². The lowest BCUT2D eigenvalue weighted by Gasteiger charge is -2.18. The molecule has 2 aromatic heterocycles. The minimum Gasteiger partial charge on any atom is -0.369 e. The second-order valence-corrected chi connectivity index (χ2v) is 10.4. The van der Waals surface area contributed by atoms with Gasteiger partial charge in [-0.3, -0.25) is 18.9 Å². The van der Waals surface area contributed by atoms with Crippen LogP contribution in [0, 0.1) is 0 Å². The zero-order chi connectivity index (χ0) is 22.3. The molecule has 17 nitrogen and oxygen atoms in total. The van der Waals surface area contributed by atoms with Crippen molar-refractivity contribution in [3.63, 3.8) is 0 Å². The fraction of sp³-hybridized carbons (Fsp3) is 0.500. The number of aromatic nitrogens is 4. The summed E-state index contributed by atoms with van der Waals surface area (Å²) < 4.78 is 52.5. The average molecular weight is 491 g/mol. The Morgan fingerprint density at radius 2 is 1.90 bits per heavy atom. The summed E-state index contributed by atoms with van der Waals surface area (Å²) in [5, 5.41) is 0. The highest BCUT2D eigenvalue weighted by atomic mass is 31.3. The van der Waals surface area contributed by atoms with E-state index in [9.17, 15) is 23.4 Å². The Hall–Kier alpha value is -1.48. The molecule has 0 saturated carbocycles. The second kappa shape index (κ2) is 8.22. The highest BCUT2D eigenvalue weighted by molar-refractivity contribution is 7.66. The van der Waals surface area contributed by atoms with Crippen LogP contribution in [0.1, 0.15) is 19.1 Å². The maximum Gasteiger partial charge on any atom is 0.490 e. The molecule has 0 bridgehead atoms. The Bertz CT molecular complexity index is 1140. The number of imidazole rings is 1. The maximum atomic E-state index is 11.8. The predicted molar refractivity (Wildman–Crippen MR) is 95.5 cm³/mol. The first-order chi connectivity index (χ1) is 13.7. The molecule has 7 N–H and O–H groups in total. The molecule has 4 atom stereocenters. The third-order valence-electron chi connectivity index (χ3n) is 3.69. The quantitative estimate of drug-likeness (QED) is 0.260. The van der Waals surface area contributed by atoms with Gasteiger partial charge in [0.05, 0.1) is 19.0 Å². The number of anilines is 1. The van der Waals surface area contributed by atoms with E-state index in [0.29, 0.717) is 12.8 Å². The van der Waals surface area contributed by atoms with Gasteiger partial charge in [-0.25, -0.2) is 18.7 Å². The molecule has 0 aliphatic carbocycles. The van der Waals surface area contributed by atoms with E-state index >= 15 is 0 Å². The van der Waals surface area contributed by atoms with Crippen molar-refractivity contribution in [3.05, 3.63) is 16.7 Å². The van der Waals surface area contributed by atoms with Crippen molar-refractivity contribution in [1.82, 2.24) is 19.5 Å². The van der Waals surface area contributed by atoms with Gasteiger partial charge < -0.3 is 30.0 Å². The van der Waals surface area contributed by atoms with Crippen LogP contribution in [-0.4, -0.2) is 51.8 Å². The summed E-state index contributed by atoms with van der Waals surface area (Å²) in [5.41, 5.74) is 5.17. The third kappa shape index (κ3) is 5.81. The molecule has 1 aliphatic heterocycles. The molecule has 3 rings (SSSR count). The maximum absolute atomic E-state index is 11.8. The minimum atomic E-state index is -5.59. The van der Waals surface area contributed by atoms with Crippen LogP contribution in [-0.2, 0) is 31.6 Å². The van der Waals surface area contributed by atoms with Gasteiger partial charge in [0.1, 0.15) is 6.23 Å². The number of nitrogens with one attached hydrogen (secondary N) is 1. The van der Waals surface area contributed by atoms with Crippen LogP contribution in [0.2, 0.25) is 0 Å². The number of nitrogens with zero attached hydrogens (tertiary/aromatic N) is 3. The van der Waals surface area contributed by atoms with Crippen molar-refractivity contribution >= 4 is 40.6 Å². The predicted octanol–water partition coefficient (Wildman–Crippen LogP) is -0.277. The van der Waals surface area contributed by atoms with E-state index in [0.717, 1.165) is 0 Å². The SMILES string of the molecule is Nc1nc2c(ncn2C2CCC(COP(=O)(O)OP(=O)(O)OP(=O)(O)O)O2)c(=O)[nH]1. The first-order valence-corrected chi connectivity index (χ1v) is 12.4. The Kier molecular flexibility index (Phi) is 6.35. The van der Waals surface area contributed by atoms with Crippen molar-refractivity contribution in [2.75, 3.05) is 12.3 Å². The monoisotopic (exact) mass is 491 g/mol. The van der Waals surface area contributed by atoms with Crippen LogP contribution < -0.4 is 11.3 Å². The molecule has 2 aromatic rings. The molecule has 0 radical (unpaired) electrons. The summed E-state index contributed by atoms with van der Waals surface area (Å²) in [6, 6.07) is 0. The molecular weight excluding hydrogens is 475 g/mol. The van der Waals surface area contributed by atoms with Crippen LogP contribution in [0.3, 0.4) is 0 Å². The first-order valence-electron chi connectivity index (χ1n) is 7.91. The van der Waals surface area contributed by atoms with E-state index < -0.39 is 48.0 Å². The number of fused-ring (bicyclic) bond motifs is 1. The normalized spacial score (nSPS) is 24.0. The fourth-order valence-electron chi connectivity index (χ4n) is 2.65. The summed E-state index contributed by atoms with van der Waals surface area (Å²) in [5.74, 6) is -0.128. The fourth-order valence-corrected chi connectivity index (χ4v) is 5.70. The summed E-state index contributed by atoms with van der Waals surface area (Å²) in [7, 11) is -16.3. The van der Waals surface area contributed by atoms with E-state index in [1.165, 1.54) is 10.9 Å². The number of nitrogen functional groups attached to an aromatic ring is 1. The number of nitrogens with two attached hydrogens (primary N) is 1. The Balaban J connectivity index is 1.62. The van der Waals surface area contributed by atoms with Crippen LogP contribution >= 0.6 is 23.5 Å². The molecule has 0 aromatic carbocycles. The van der Waals surface area contributed by atoms with Gasteiger partial charge in [0.25, 0.3) is 5.56 Å². The molecule has 3 heterocycles. The van der Waals surface area contributed by atoms with E-state index in [1.807, 2.05) is 0 Å². The molecule has 30 heavy (non-hydrogen) atoms. The van der Waals surface area contributed by atoms with Gasteiger partial charge >= 0.3 is 23.5 Å². The lowest BCUT2D eigenvalue weighted by atomic mass is 10.2. The van der Waals surface area contributed by atoms with Gasteiger partial charge in [-0.1, -0.05) is 0 Å². The summed E-state index contributed by atoms with van der Waals surface area (Å²) in [6.07, 6.45) is 0.528. The zero-order valence-electron chi connectivity index (χ0n) is 14.7. The van der Waals surface area contributed by atoms with Crippen LogP contribution in [0.4, 0.5) is 5.95 Å². The lowest BCUT2D eigenvalue weighted by molar-refractivity contribution is -0.0205. The highest BCUT2D eigenvalue weighted by Crippen LogP contribution is 2.66. The molecule has 0 spiro atoms. The topological polar surface area (TPSA) is 259 Å². The summed E-state index contributed by atoms with van der Waals surface area (Å²) in [4.78, 5) is 57.6. The molecule has 1 aliphatic rings. The Labute approximate surface area is 166 Å². The molecule has 4 unspecified atom stereocenters.